The summed E-state index contributed by atoms with van der Waals surface area (Å²) in [5.41, 5.74) is 4.56. The van der Waals surface area contributed by atoms with Crippen LogP contribution in [0.15, 0.2) is 60.7 Å². The van der Waals surface area contributed by atoms with E-state index in [9.17, 15) is 0 Å². The van der Waals surface area contributed by atoms with E-state index in [1.165, 1.54) is 11.1 Å². The molecule has 4 nitrogen and oxygen atoms in total. The van der Waals surface area contributed by atoms with Crippen LogP contribution in [0, 0.1) is 13.8 Å². The van der Waals surface area contributed by atoms with Crippen LogP contribution in [-0.2, 0) is 6.42 Å². The number of aryl methyl sites for hydroxylation is 3. The van der Waals surface area contributed by atoms with E-state index >= 15 is 0 Å². The van der Waals surface area contributed by atoms with E-state index < -0.39 is 0 Å². The zero-order valence-electron chi connectivity index (χ0n) is 14.8. The van der Waals surface area contributed by atoms with Crippen molar-refractivity contribution in [3.8, 4) is 0 Å². The summed E-state index contributed by atoms with van der Waals surface area (Å²) in [5.74, 6) is 1.48. The molecule has 0 saturated heterocycles. The summed E-state index contributed by atoms with van der Waals surface area (Å²) < 4.78 is 0. The summed E-state index contributed by atoms with van der Waals surface area (Å²) >= 11 is 0. The van der Waals surface area contributed by atoms with Crippen molar-refractivity contribution in [3.05, 3.63) is 77.5 Å². The highest BCUT2D eigenvalue weighted by molar-refractivity contribution is 5.61. The molecule has 0 amide bonds. The van der Waals surface area contributed by atoms with Gasteiger partial charge in [-0.05, 0) is 43.9 Å². The fourth-order valence-corrected chi connectivity index (χ4v) is 2.70. The minimum Gasteiger partial charge on any atom is -0.354 e. The van der Waals surface area contributed by atoms with Gasteiger partial charge in [-0.3, -0.25) is 0 Å². The molecule has 25 heavy (non-hydrogen) atoms. The second kappa shape index (κ2) is 8.29. The maximum Gasteiger partial charge on any atom is 0.224 e. The molecule has 3 aromatic rings. The van der Waals surface area contributed by atoms with Crippen molar-refractivity contribution in [1.82, 2.24) is 9.97 Å². The molecule has 0 unspecified atom stereocenters. The molecule has 0 aliphatic carbocycles. The SMILES string of the molecule is Cc1cc(Nc2ccccc2C)nc(NCCCc2ccccc2)n1. The van der Waals surface area contributed by atoms with E-state index in [4.69, 9.17) is 0 Å². The lowest BCUT2D eigenvalue weighted by Gasteiger charge is -2.11. The molecule has 0 atom stereocenters. The molecule has 0 aliphatic heterocycles. The summed E-state index contributed by atoms with van der Waals surface area (Å²) in [6.45, 7) is 4.92. The van der Waals surface area contributed by atoms with Gasteiger partial charge in [-0.15, -0.1) is 0 Å². The first-order chi connectivity index (χ1) is 12.2. The zero-order valence-corrected chi connectivity index (χ0v) is 14.8. The Kier molecular flexibility index (Phi) is 5.62. The predicted molar refractivity (Wildman–Crippen MR) is 104 cm³/mol. The Hall–Kier alpha value is -2.88. The Labute approximate surface area is 149 Å². The summed E-state index contributed by atoms with van der Waals surface area (Å²) in [5, 5.41) is 6.71. The van der Waals surface area contributed by atoms with Gasteiger partial charge in [-0.25, -0.2) is 4.98 Å². The van der Waals surface area contributed by atoms with Gasteiger partial charge < -0.3 is 10.6 Å². The molecule has 4 heteroatoms. The van der Waals surface area contributed by atoms with Gasteiger partial charge in [0.1, 0.15) is 5.82 Å². The number of para-hydroxylation sites is 1. The van der Waals surface area contributed by atoms with Crippen LogP contribution in [-0.4, -0.2) is 16.5 Å². The highest BCUT2D eigenvalue weighted by Gasteiger charge is 2.04. The number of anilines is 3. The number of nitrogens with one attached hydrogen (secondary N) is 2. The van der Waals surface area contributed by atoms with Crippen LogP contribution < -0.4 is 10.6 Å². The van der Waals surface area contributed by atoms with Crippen molar-refractivity contribution in [2.75, 3.05) is 17.2 Å². The van der Waals surface area contributed by atoms with E-state index in [2.05, 4.69) is 63.9 Å². The monoisotopic (exact) mass is 332 g/mol. The fourth-order valence-electron chi connectivity index (χ4n) is 2.70. The highest BCUT2D eigenvalue weighted by Crippen LogP contribution is 2.20. The van der Waals surface area contributed by atoms with Gasteiger partial charge in [-0.2, -0.15) is 4.98 Å². The molecule has 1 aromatic heterocycles. The molecule has 0 aliphatic rings. The molecule has 1 heterocycles. The van der Waals surface area contributed by atoms with Crippen LogP contribution in [0.5, 0.6) is 0 Å². The number of nitrogens with zero attached hydrogens (tertiary/aromatic N) is 2. The topological polar surface area (TPSA) is 49.8 Å². The maximum absolute atomic E-state index is 4.58. The molecule has 0 spiro atoms. The van der Waals surface area contributed by atoms with Crippen molar-refractivity contribution in [1.29, 1.82) is 0 Å². The summed E-state index contributed by atoms with van der Waals surface area (Å²) in [6.07, 6.45) is 2.09. The predicted octanol–water partition coefficient (Wildman–Crippen LogP) is 4.88. The first kappa shape index (κ1) is 17.0. The maximum atomic E-state index is 4.58. The quantitative estimate of drug-likeness (QED) is 0.605. The number of hydrogen-bond acceptors (Lipinski definition) is 4. The smallest absolute Gasteiger partial charge is 0.224 e. The van der Waals surface area contributed by atoms with Gasteiger partial charge in [0, 0.05) is 24.0 Å². The third-order valence-corrected chi connectivity index (χ3v) is 4.03. The highest BCUT2D eigenvalue weighted by atomic mass is 15.1. The Morgan fingerprint density at radius 3 is 2.44 bits per heavy atom. The van der Waals surface area contributed by atoms with E-state index in [1.54, 1.807) is 0 Å². The molecular formula is C21H24N4. The lowest BCUT2D eigenvalue weighted by molar-refractivity contribution is 0.851. The third-order valence-electron chi connectivity index (χ3n) is 4.03. The molecule has 0 saturated carbocycles. The van der Waals surface area contributed by atoms with Crippen LogP contribution in [0.25, 0.3) is 0 Å². The van der Waals surface area contributed by atoms with Gasteiger partial charge >= 0.3 is 0 Å². The first-order valence-corrected chi connectivity index (χ1v) is 8.67. The van der Waals surface area contributed by atoms with Gasteiger partial charge in [-0.1, -0.05) is 48.5 Å². The molecule has 2 N–H and O–H groups in total. The minimum atomic E-state index is 0.671. The number of hydrogen-bond donors (Lipinski definition) is 2. The molecule has 128 valence electrons. The lowest BCUT2D eigenvalue weighted by atomic mass is 10.1. The van der Waals surface area contributed by atoms with Crippen LogP contribution in [0.3, 0.4) is 0 Å². The number of aromatic nitrogens is 2. The fraction of sp³-hybridized carbons (Fsp3) is 0.238. The second-order valence-corrected chi connectivity index (χ2v) is 6.17. The summed E-state index contributed by atoms with van der Waals surface area (Å²) in [7, 11) is 0. The molecule has 2 aromatic carbocycles. The number of rotatable bonds is 7. The lowest BCUT2D eigenvalue weighted by Crippen LogP contribution is -2.08. The van der Waals surface area contributed by atoms with Crippen molar-refractivity contribution in [2.45, 2.75) is 26.7 Å². The first-order valence-electron chi connectivity index (χ1n) is 8.67. The Balaban J connectivity index is 1.59. The average molecular weight is 332 g/mol. The van der Waals surface area contributed by atoms with E-state index in [1.807, 2.05) is 31.2 Å². The summed E-state index contributed by atoms with van der Waals surface area (Å²) in [6, 6.07) is 20.7. The zero-order chi connectivity index (χ0) is 17.5. The van der Waals surface area contributed by atoms with E-state index in [0.29, 0.717) is 5.95 Å². The molecule has 0 fully saturated rings. The Bertz CT molecular complexity index is 815. The van der Waals surface area contributed by atoms with Crippen LogP contribution in [0.2, 0.25) is 0 Å². The normalized spacial score (nSPS) is 10.5. The van der Waals surface area contributed by atoms with Crippen molar-refractivity contribution < 1.29 is 0 Å². The molecule has 0 bridgehead atoms. The van der Waals surface area contributed by atoms with Gasteiger partial charge in [0.15, 0.2) is 0 Å². The average Bonchev–Trinajstić information content (AvgIpc) is 2.61. The van der Waals surface area contributed by atoms with Gasteiger partial charge in [0.05, 0.1) is 0 Å². The largest absolute Gasteiger partial charge is 0.354 e. The molecule has 0 radical (unpaired) electrons. The Morgan fingerprint density at radius 2 is 1.64 bits per heavy atom. The molecule has 3 rings (SSSR count). The number of benzene rings is 2. The standard InChI is InChI=1S/C21H24N4/c1-16-9-6-7-13-19(16)24-20-15-17(2)23-21(25-20)22-14-8-12-18-10-4-3-5-11-18/h3-7,9-11,13,15H,8,12,14H2,1-2H3,(H2,22,23,24,25). The van der Waals surface area contributed by atoms with Crippen molar-refractivity contribution >= 4 is 17.5 Å². The van der Waals surface area contributed by atoms with Crippen LogP contribution >= 0.6 is 0 Å². The molecular weight excluding hydrogens is 308 g/mol. The third kappa shape index (κ3) is 5.05. The van der Waals surface area contributed by atoms with Crippen molar-refractivity contribution in [2.24, 2.45) is 0 Å². The summed E-state index contributed by atoms with van der Waals surface area (Å²) in [4.78, 5) is 9.06. The van der Waals surface area contributed by atoms with Crippen LogP contribution in [0.1, 0.15) is 23.2 Å². The second-order valence-electron chi connectivity index (χ2n) is 6.17. The Morgan fingerprint density at radius 1 is 0.880 bits per heavy atom. The van der Waals surface area contributed by atoms with E-state index in [0.717, 1.165) is 36.6 Å². The minimum absolute atomic E-state index is 0.671. The van der Waals surface area contributed by atoms with Crippen molar-refractivity contribution in [3.63, 3.8) is 0 Å². The van der Waals surface area contributed by atoms with Gasteiger partial charge in [0.2, 0.25) is 5.95 Å². The van der Waals surface area contributed by atoms with Crippen LogP contribution in [0.4, 0.5) is 17.5 Å². The van der Waals surface area contributed by atoms with Gasteiger partial charge in [0.25, 0.3) is 0 Å². The van der Waals surface area contributed by atoms with E-state index in [-0.39, 0.29) is 0 Å².